The van der Waals surface area contributed by atoms with Crippen molar-refractivity contribution in [1.29, 1.82) is 0 Å². The molecule has 226 valence electrons. The number of ether oxygens (including phenoxy) is 3. The van der Waals surface area contributed by atoms with Crippen molar-refractivity contribution in [2.24, 2.45) is 0 Å². The number of fused-ring (bicyclic) bond motifs is 1. The van der Waals surface area contributed by atoms with Crippen LogP contribution in [-0.2, 0) is 23.3 Å². The maximum Gasteiger partial charge on any atom is 0.410 e. The molecule has 43 heavy (non-hydrogen) atoms. The Balaban J connectivity index is 1.38. The van der Waals surface area contributed by atoms with Crippen molar-refractivity contribution < 1.29 is 32.2 Å². The van der Waals surface area contributed by atoms with Gasteiger partial charge in [0.05, 0.1) is 26.8 Å². The van der Waals surface area contributed by atoms with E-state index < -0.39 is 29.3 Å². The van der Waals surface area contributed by atoms with Gasteiger partial charge in [-0.3, -0.25) is 14.3 Å². The minimum absolute atomic E-state index is 0.0290. The molecule has 2 aromatic carbocycles. The number of amides is 1. The first-order valence-corrected chi connectivity index (χ1v) is 14.6. The molecule has 1 amide bonds. The van der Waals surface area contributed by atoms with Gasteiger partial charge in [-0.05, 0) is 43.4 Å². The average molecular weight is 615 g/mol. The predicted molar refractivity (Wildman–Crippen MR) is 153 cm³/mol. The predicted octanol–water partition coefficient (Wildman–Crippen LogP) is 5.99. The second-order valence-corrected chi connectivity index (χ2v) is 11.7. The van der Waals surface area contributed by atoms with E-state index in [1.807, 2.05) is 30.3 Å². The van der Waals surface area contributed by atoms with Crippen LogP contribution >= 0.6 is 11.3 Å². The first-order chi connectivity index (χ1) is 20.6. The summed E-state index contributed by atoms with van der Waals surface area (Å²) in [6.07, 6.45) is -4.16. The number of rotatable bonds is 8. The molecule has 3 heterocycles. The first-order valence-electron chi connectivity index (χ1n) is 13.8. The summed E-state index contributed by atoms with van der Waals surface area (Å²) in [5.74, 6) is 0.531. The van der Waals surface area contributed by atoms with Crippen molar-refractivity contribution in [2.75, 3.05) is 20.8 Å². The highest BCUT2D eigenvalue weighted by atomic mass is 32.1. The van der Waals surface area contributed by atoms with E-state index in [0.29, 0.717) is 41.5 Å². The lowest BCUT2D eigenvalue weighted by atomic mass is 10.0. The molecule has 0 N–H and O–H groups in total. The highest BCUT2D eigenvalue weighted by Crippen LogP contribution is 2.58. The number of aromatic nitrogens is 3. The SMILES string of the molecule is COc1ccc(Cn2c(C3(C(F)(F)F)CC3)nc3sc(C4CCCN4C(=O)OCc4ccccc4)nc3c2=O)c(OC)c1. The summed E-state index contributed by atoms with van der Waals surface area (Å²) in [5.41, 5.74) is -1.59. The Hall–Kier alpha value is -4.13. The molecule has 0 bridgehead atoms. The number of hydrogen-bond acceptors (Lipinski definition) is 8. The molecule has 9 nitrogen and oxygen atoms in total. The largest absolute Gasteiger partial charge is 0.497 e. The van der Waals surface area contributed by atoms with Crippen LogP contribution in [0.25, 0.3) is 10.3 Å². The van der Waals surface area contributed by atoms with Crippen LogP contribution in [0.2, 0.25) is 0 Å². The normalized spacial score (nSPS) is 17.7. The summed E-state index contributed by atoms with van der Waals surface area (Å²) in [6, 6.07) is 13.7. The van der Waals surface area contributed by atoms with E-state index in [4.69, 9.17) is 14.2 Å². The van der Waals surface area contributed by atoms with Crippen molar-refractivity contribution in [3.63, 3.8) is 0 Å². The van der Waals surface area contributed by atoms with E-state index in [1.54, 1.807) is 23.1 Å². The number of methoxy groups -OCH3 is 2. The van der Waals surface area contributed by atoms with Gasteiger partial charge >= 0.3 is 12.3 Å². The molecule has 0 spiro atoms. The maximum atomic E-state index is 14.4. The highest BCUT2D eigenvalue weighted by molar-refractivity contribution is 7.18. The molecule has 6 rings (SSSR count). The van der Waals surface area contributed by atoms with E-state index in [9.17, 15) is 22.8 Å². The van der Waals surface area contributed by atoms with Crippen molar-refractivity contribution in [3.05, 3.63) is 80.8 Å². The fourth-order valence-corrected chi connectivity index (χ4v) is 6.61. The number of thiazole rings is 1. The lowest BCUT2D eigenvalue weighted by Gasteiger charge is -2.23. The Morgan fingerprint density at radius 1 is 1.09 bits per heavy atom. The van der Waals surface area contributed by atoms with Gasteiger partial charge in [-0.15, -0.1) is 0 Å². The summed E-state index contributed by atoms with van der Waals surface area (Å²) in [5, 5.41) is 0.441. The van der Waals surface area contributed by atoms with Gasteiger partial charge in [-0.25, -0.2) is 14.8 Å². The van der Waals surface area contributed by atoms with Crippen molar-refractivity contribution in [2.45, 2.75) is 56.5 Å². The van der Waals surface area contributed by atoms with Crippen LogP contribution in [0.1, 0.15) is 53.7 Å². The second kappa shape index (κ2) is 11.2. The minimum atomic E-state index is -4.59. The fourth-order valence-electron chi connectivity index (χ4n) is 5.53. The quantitative estimate of drug-likeness (QED) is 0.241. The van der Waals surface area contributed by atoms with Gasteiger partial charge in [0, 0.05) is 18.2 Å². The molecule has 1 atom stereocenters. The van der Waals surface area contributed by atoms with Gasteiger partial charge in [0.25, 0.3) is 5.56 Å². The number of halogens is 3. The van der Waals surface area contributed by atoms with E-state index in [0.717, 1.165) is 21.5 Å². The summed E-state index contributed by atoms with van der Waals surface area (Å²) in [4.78, 5) is 37.6. The number of carbonyl (C=O) groups excluding carboxylic acids is 1. The lowest BCUT2D eigenvalue weighted by Crippen LogP contribution is -2.37. The van der Waals surface area contributed by atoms with Crippen LogP contribution in [0, 0.1) is 0 Å². The molecule has 0 radical (unpaired) electrons. The number of likely N-dealkylation sites (tertiary alicyclic amines) is 1. The maximum absolute atomic E-state index is 14.4. The summed E-state index contributed by atoms with van der Waals surface area (Å²) in [6.45, 7) is 0.342. The highest BCUT2D eigenvalue weighted by Gasteiger charge is 2.67. The summed E-state index contributed by atoms with van der Waals surface area (Å²) < 4.78 is 60.5. The topological polar surface area (TPSA) is 95.8 Å². The Morgan fingerprint density at radius 3 is 2.53 bits per heavy atom. The molecule has 1 aliphatic carbocycles. The van der Waals surface area contributed by atoms with E-state index in [2.05, 4.69) is 9.97 Å². The van der Waals surface area contributed by atoms with Crippen molar-refractivity contribution >= 4 is 27.8 Å². The molecular weight excluding hydrogens is 585 g/mol. The molecule has 1 saturated carbocycles. The van der Waals surface area contributed by atoms with E-state index >= 15 is 0 Å². The Labute approximate surface area is 248 Å². The molecule has 4 aromatic rings. The smallest absolute Gasteiger partial charge is 0.410 e. The first kappa shape index (κ1) is 29.0. The zero-order valence-electron chi connectivity index (χ0n) is 23.5. The third kappa shape index (κ3) is 5.30. The molecule has 1 saturated heterocycles. The Morgan fingerprint density at radius 2 is 1.86 bits per heavy atom. The minimum Gasteiger partial charge on any atom is -0.497 e. The van der Waals surface area contributed by atoms with Crippen LogP contribution in [-0.4, -0.2) is 52.5 Å². The van der Waals surface area contributed by atoms with E-state index in [-0.39, 0.29) is 42.2 Å². The van der Waals surface area contributed by atoms with Gasteiger partial charge in [0.15, 0.2) is 10.3 Å². The number of nitrogens with zero attached hydrogens (tertiary/aromatic N) is 4. The Kier molecular flexibility index (Phi) is 7.53. The van der Waals surface area contributed by atoms with Crippen LogP contribution in [0.15, 0.2) is 53.3 Å². The van der Waals surface area contributed by atoms with Gasteiger partial charge in [-0.1, -0.05) is 41.7 Å². The molecule has 2 aliphatic rings. The number of benzene rings is 2. The zero-order valence-corrected chi connectivity index (χ0v) is 24.3. The lowest BCUT2D eigenvalue weighted by molar-refractivity contribution is -0.163. The van der Waals surface area contributed by atoms with Crippen LogP contribution in [0.3, 0.4) is 0 Å². The Bertz CT molecular complexity index is 1720. The summed E-state index contributed by atoms with van der Waals surface area (Å²) >= 11 is 1.05. The van der Waals surface area contributed by atoms with Crippen LogP contribution in [0.5, 0.6) is 11.5 Å². The number of carbonyl (C=O) groups is 1. The molecule has 1 unspecified atom stereocenters. The zero-order chi connectivity index (χ0) is 30.4. The third-order valence-corrected chi connectivity index (χ3v) is 9.11. The number of alkyl halides is 3. The van der Waals surface area contributed by atoms with Crippen LogP contribution < -0.4 is 15.0 Å². The molecule has 13 heteroatoms. The van der Waals surface area contributed by atoms with Gasteiger partial charge < -0.3 is 14.2 Å². The molecule has 2 aromatic heterocycles. The molecular formula is C30H29F3N4O5S. The summed E-state index contributed by atoms with van der Waals surface area (Å²) in [7, 11) is 2.93. The van der Waals surface area contributed by atoms with Gasteiger partial charge in [0.2, 0.25) is 0 Å². The molecule has 1 aliphatic heterocycles. The molecule has 2 fully saturated rings. The van der Waals surface area contributed by atoms with Crippen molar-refractivity contribution in [1.82, 2.24) is 19.4 Å². The van der Waals surface area contributed by atoms with Gasteiger partial charge in [-0.2, -0.15) is 13.2 Å². The van der Waals surface area contributed by atoms with Crippen molar-refractivity contribution in [3.8, 4) is 11.5 Å². The number of hydrogen-bond donors (Lipinski definition) is 0. The third-order valence-electron chi connectivity index (χ3n) is 8.06. The fraction of sp³-hybridized carbons (Fsp3) is 0.400. The average Bonchev–Trinajstić information content (AvgIpc) is 3.49. The van der Waals surface area contributed by atoms with E-state index in [1.165, 1.54) is 14.2 Å². The monoisotopic (exact) mass is 614 g/mol. The standard InChI is InChI=1S/C30H29F3N4O5S/c1-40-20-11-10-19(22(15-20)41-2)16-37-26(38)23-25(35-27(37)29(12-13-29)30(31,32)33)43-24(34-23)21-9-6-14-36(21)28(39)42-17-18-7-4-3-5-8-18/h3-5,7-8,10-11,15,21H,6,9,12-14,16-17H2,1-2H3. The second-order valence-electron chi connectivity index (χ2n) is 10.7. The van der Waals surface area contributed by atoms with Crippen LogP contribution in [0.4, 0.5) is 18.0 Å². The van der Waals surface area contributed by atoms with Gasteiger partial charge in [0.1, 0.15) is 34.4 Å².